The summed E-state index contributed by atoms with van der Waals surface area (Å²) >= 11 is 0. The average Bonchev–Trinajstić information content (AvgIpc) is 2.87. The van der Waals surface area contributed by atoms with Crippen molar-refractivity contribution in [1.29, 1.82) is 0 Å². The maximum Gasteiger partial charge on any atom is 0.255 e. The number of primary amides is 1. The lowest BCUT2D eigenvalue weighted by molar-refractivity contribution is -0.153. The number of anilines is 1. The highest BCUT2D eigenvalue weighted by Crippen LogP contribution is 2.54. The van der Waals surface area contributed by atoms with E-state index >= 15 is 0 Å². The molecular formula is C29H29F2N3O7. The smallest absolute Gasteiger partial charge is 0.255 e. The summed E-state index contributed by atoms with van der Waals surface area (Å²) in [5.41, 5.74) is 2.35. The van der Waals surface area contributed by atoms with Crippen LogP contribution in [0.1, 0.15) is 17.5 Å². The largest absolute Gasteiger partial charge is 0.508 e. The quantitative estimate of drug-likeness (QED) is 0.346. The summed E-state index contributed by atoms with van der Waals surface area (Å²) in [4.78, 5) is 42.5. The van der Waals surface area contributed by atoms with E-state index in [4.69, 9.17) is 5.73 Å². The Morgan fingerprint density at radius 2 is 1.71 bits per heavy atom. The van der Waals surface area contributed by atoms with E-state index in [-0.39, 0.29) is 35.1 Å². The summed E-state index contributed by atoms with van der Waals surface area (Å²) in [6, 6.07) is 3.40. The molecule has 0 bridgehead atoms. The van der Waals surface area contributed by atoms with Crippen LogP contribution in [0, 0.1) is 23.5 Å². The number of phenols is 1. The van der Waals surface area contributed by atoms with Crippen LogP contribution in [-0.2, 0) is 20.8 Å². The van der Waals surface area contributed by atoms with Crippen LogP contribution in [0.4, 0.5) is 14.5 Å². The van der Waals surface area contributed by atoms with E-state index in [1.807, 2.05) is 0 Å². The summed E-state index contributed by atoms with van der Waals surface area (Å²) in [5, 5.41) is 45.6. The average molecular weight is 570 g/mol. The third-order valence-electron chi connectivity index (χ3n) is 8.41. The molecule has 1 saturated carbocycles. The maximum atomic E-state index is 14.1. The van der Waals surface area contributed by atoms with Crippen LogP contribution in [-0.4, -0.2) is 82.6 Å². The molecule has 1 fully saturated rings. The molecule has 216 valence electrons. The number of benzene rings is 2. The fourth-order valence-electron chi connectivity index (χ4n) is 6.57. The van der Waals surface area contributed by atoms with E-state index in [1.165, 1.54) is 25.1 Å². The number of Topliss-reactive ketones (excluding diaryl/α,β-unsaturated/α-hetero) is 2. The second-order valence-electron chi connectivity index (χ2n) is 11.1. The molecule has 3 aliphatic rings. The van der Waals surface area contributed by atoms with E-state index < -0.39 is 75.4 Å². The fourth-order valence-corrected chi connectivity index (χ4v) is 6.57. The van der Waals surface area contributed by atoms with Crippen molar-refractivity contribution in [2.75, 3.05) is 33.1 Å². The van der Waals surface area contributed by atoms with Gasteiger partial charge in [0, 0.05) is 36.8 Å². The van der Waals surface area contributed by atoms with E-state index in [0.717, 1.165) is 12.1 Å². The zero-order valence-electron chi connectivity index (χ0n) is 22.7. The highest BCUT2D eigenvalue weighted by Gasteiger charge is 2.64. The van der Waals surface area contributed by atoms with Gasteiger partial charge in [-0.3, -0.25) is 19.3 Å². The molecule has 4 atom stereocenters. The van der Waals surface area contributed by atoms with Crippen LogP contribution in [0.25, 0.3) is 16.9 Å². The molecule has 41 heavy (non-hydrogen) atoms. The minimum atomic E-state index is -2.76. The Balaban J connectivity index is 1.78. The van der Waals surface area contributed by atoms with E-state index in [9.17, 15) is 43.6 Å². The van der Waals surface area contributed by atoms with Crippen molar-refractivity contribution in [3.8, 4) is 16.9 Å². The number of carbonyl (C=O) groups excluding carboxylic acids is 3. The number of aliphatic hydroxyl groups excluding tert-OH is 2. The van der Waals surface area contributed by atoms with Crippen molar-refractivity contribution in [2.24, 2.45) is 17.6 Å². The number of amides is 1. The minimum absolute atomic E-state index is 0.0477. The first-order valence-electron chi connectivity index (χ1n) is 12.8. The number of hydrogen-bond donors (Lipinski definition) is 5. The van der Waals surface area contributed by atoms with Crippen molar-refractivity contribution < 1.29 is 43.6 Å². The number of ketones is 2. The highest BCUT2D eigenvalue weighted by molar-refractivity contribution is 6.24. The fraction of sp³-hybridized carbons (Fsp3) is 0.345. The number of carbonyl (C=O) groups is 3. The zero-order valence-corrected chi connectivity index (χ0v) is 22.7. The molecule has 0 radical (unpaired) electrons. The predicted molar refractivity (Wildman–Crippen MR) is 144 cm³/mol. The zero-order chi connectivity index (χ0) is 30.3. The Bertz CT molecular complexity index is 1610. The number of rotatable bonds is 4. The van der Waals surface area contributed by atoms with Gasteiger partial charge in [0.25, 0.3) is 5.91 Å². The second-order valence-corrected chi connectivity index (χ2v) is 11.1. The van der Waals surface area contributed by atoms with Crippen LogP contribution in [0.2, 0.25) is 0 Å². The van der Waals surface area contributed by atoms with Gasteiger partial charge in [-0.15, -0.1) is 0 Å². The molecule has 1 amide bonds. The molecule has 5 rings (SSSR count). The summed E-state index contributed by atoms with van der Waals surface area (Å²) in [5.74, 6) is -9.84. The van der Waals surface area contributed by atoms with Gasteiger partial charge in [-0.05, 0) is 62.2 Å². The molecule has 0 aliphatic heterocycles. The van der Waals surface area contributed by atoms with Crippen molar-refractivity contribution in [3.05, 3.63) is 63.9 Å². The molecule has 0 spiro atoms. The number of likely N-dealkylation sites (N-methyl/N-ethyl adjacent to an activating group) is 1. The Morgan fingerprint density at radius 1 is 1.05 bits per heavy atom. The van der Waals surface area contributed by atoms with Crippen LogP contribution < -0.4 is 10.6 Å². The minimum Gasteiger partial charge on any atom is -0.508 e. The molecule has 0 aromatic heterocycles. The molecule has 6 N–H and O–H groups in total. The van der Waals surface area contributed by atoms with Crippen molar-refractivity contribution in [2.45, 2.75) is 24.5 Å². The Kier molecular flexibility index (Phi) is 6.47. The number of halogens is 2. The molecule has 0 saturated heterocycles. The predicted octanol–water partition coefficient (Wildman–Crippen LogP) is 1.98. The van der Waals surface area contributed by atoms with Gasteiger partial charge in [0.05, 0.1) is 11.6 Å². The Labute approximate surface area is 233 Å². The van der Waals surface area contributed by atoms with Gasteiger partial charge in [0.15, 0.2) is 23.0 Å². The number of phenolic OH excluding ortho intramolecular Hbond substituents is 1. The molecule has 2 aromatic rings. The SMILES string of the molecule is CN(C)c1cc(-c2ccc(F)c(F)c2)c(O)c2c1C[C@@H]1C[C@@H]3[C@@H](N(C)C)C(=O)C(C(N)=O)=C(O)[C@]3(O)C(=O)C1=C2O. The lowest BCUT2D eigenvalue weighted by Gasteiger charge is -2.50. The molecule has 3 aliphatic carbocycles. The summed E-state index contributed by atoms with van der Waals surface area (Å²) in [6.45, 7) is 0. The third kappa shape index (κ3) is 3.85. The second kappa shape index (κ2) is 9.38. The molecule has 2 aromatic carbocycles. The van der Waals surface area contributed by atoms with Gasteiger partial charge in [0.2, 0.25) is 5.78 Å². The molecule has 10 nitrogen and oxygen atoms in total. The standard InChI is InChI=1S/C29H29F2N3O7/c1-33(2)18-10-13(11-5-6-16(30)17(31)9-11)23(35)20-14(18)7-12-8-15-22(34(3)4)25(37)21(28(32)40)27(39)29(15,41)26(38)19(12)24(20)36/h5-6,9-10,12,15,22,35-36,39,41H,7-8H2,1-4H3,(H2,32,40)/t12-,15-,22-,29-/m1/s1. The van der Waals surface area contributed by atoms with E-state index in [1.54, 1.807) is 25.1 Å². The molecule has 12 heteroatoms. The first kappa shape index (κ1) is 28.2. The normalized spacial score (nSPS) is 25.7. The lowest BCUT2D eigenvalue weighted by Crippen LogP contribution is -2.65. The van der Waals surface area contributed by atoms with Crippen LogP contribution in [0.15, 0.2) is 41.2 Å². The first-order chi connectivity index (χ1) is 19.1. The summed E-state index contributed by atoms with van der Waals surface area (Å²) in [6.07, 6.45) is 0.0397. The summed E-state index contributed by atoms with van der Waals surface area (Å²) < 4.78 is 27.7. The van der Waals surface area contributed by atoms with Crippen molar-refractivity contribution >= 4 is 28.9 Å². The first-order valence-corrected chi connectivity index (χ1v) is 12.8. The van der Waals surface area contributed by atoms with Gasteiger partial charge in [-0.25, -0.2) is 8.78 Å². The van der Waals surface area contributed by atoms with Gasteiger partial charge in [-0.1, -0.05) is 6.07 Å². The van der Waals surface area contributed by atoms with Crippen LogP contribution in [0.3, 0.4) is 0 Å². The highest BCUT2D eigenvalue weighted by atomic mass is 19.2. The number of aliphatic hydroxyl groups is 3. The number of nitrogens with zero attached hydrogens (tertiary/aromatic N) is 2. The number of aromatic hydroxyl groups is 1. The van der Waals surface area contributed by atoms with Crippen LogP contribution in [0.5, 0.6) is 5.75 Å². The van der Waals surface area contributed by atoms with Gasteiger partial charge in [-0.2, -0.15) is 0 Å². The molecular weight excluding hydrogens is 540 g/mol. The third-order valence-corrected chi connectivity index (χ3v) is 8.41. The van der Waals surface area contributed by atoms with E-state index in [0.29, 0.717) is 11.3 Å². The Morgan fingerprint density at radius 3 is 2.27 bits per heavy atom. The van der Waals surface area contributed by atoms with Crippen LogP contribution >= 0.6 is 0 Å². The maximum absolute atomic E-state index is 14.1. The van der Waals surface area contributed by atoms with Gasteiger partial charge < -0.3 is 31.1 Å². The monoisotopic (exact) mass is 569 g/mol. The van der Waals surface area contributed by atoms with Crippen molar-refractivity contribution in [1.82, 2.24) is 4.90 Å². The Hall–Kier alpha value is -4.29. The van der Waals surface area contributed by atoms with Gasteiger partial charge >= 0.3 is 0 Å². The topological polar surface area (TPSA) is 165 Å². The van der Waals surface area contributed by atoms with E-state index in [2.05, 4.69) is 0 Å². The summed E-state index contributed by atoms with van der Waals surface area (Å²) in [7, 11) is 6.46. The number of fused-ring (bicyclic) bond motifs is 3. The number of hydrogen-bond acceptors (Lipinski definition) is 9. The molecule has 0 unspecified atom stereocenters. The molecule has 0 heterocycles. The lowest BCUT2D eigenvalue weighted by atomic mass is 9.57. The van der Waals surface area contributed by atoms with Gasteiger partial charge in [0.1, 0.15) is 22.8 Å². The van der Waals surface area contributed by atoms with Crippen molar-refractivity contribution in [3.63, 3.8) is 0 Å². The number of nitrogens with two attached hydrogens (primary N) is 1.